The van der Waals surface area contributed by atoms with Gasteiger partial charge in [-0.2, -0.15) is 0 Å². The molecule has 92 valence electrons. The molecule has 0 unspecified atom stereocenters. The standard InChI is InChI=1S/C16H17NO/c1-13-5-3-4-6-15(13)12-18-16-9-7-14(8-10-16)11-17-2/h3-11H,12H2,1-2H3. The average Bonchev–Trinajstić information content (AvgIpc) is 2.40. The minimum atomic E-state index is 0.605. The maximum absolute atomic E-state index is 5.76. The summed E-state index contributed by atoms with van der Waals surface area (Å²) in [5.41, 5.74) is 3.56. The molecule has 0 aliphatic heterocycles. The number of aliphatic imine (C=N–C) groups is 1. The number of aryl methyl sites for hydroxylation is 1. The van der Waals surface area contributed by atoms with Gasteiger partial charge in [-0.25, -0.2) is 0 Å². The fourth-order valence-corrected chi connectivity index (χ4v) is 1.73. The molecule has 0 amide bonds. The predicted octanol–water partition coefficient (Wildman–Crippen LogP) is 3.62. The number of ether oxygens (including phenoxy) is 1. The van der Waals surface area contributed by atoms with Crippen molar-refractivity contribution in [3.63, 3.8) is 0 Å². The molecule has 0 aromatic heterocycles. The van der Waals surface area contributed by atoms with Crippen molar-refractivity contribution in [3.8, 4) is 5.75 Å². The van der Waals surface area contributed by atoms with E-state index in [4.69, 9.17) is 4.74 Å². The lowest BCUT2D eigenvalue weighted by molar-refractivity contribution is 0.305. The third-order valence-electron chi connectivity index (χ3n) is 2.81. The van der Waals surface area contributed by atoms with Crippen LogP contribution < -0.4 is 4.74 Å². The molecule has 2 heteroatoms. The van der Waals surface area contributed by atoms with Gasteiger partial charge < -0.3 is 4.74 Å². The van der Waals surface area contributed by atoms with Crippen LogP contribution in [0.4, 0.5) is 0 Å². The predicted molar refractivity (Wildman–Crippen MR) is 75.5 cm³/mol. The Bertz CT molecular complexity index is 529. The molecule has 2 nitrogen and oxygen atoms in total. The first-order valence-electron chi connectivity index (χ1n) is 5.99. The Morgan fingerprint density at radius 3 is 2.44 bits per heavy atom. The molecule has 0 aliphatic rings. The van der Waals surface area contributed by atoms with E-state index in [0.717, 1.165) is 11.3 Å². The summed E-state index contributed by atoms with van der Waals surface area (Å²) in [7, 11) is 1.77. The van der Waals surface area contributed by atoms with Crippen LogP contribution >= 0.6 is 0 Å². The largest absolute Gasteiger partial charge is 0.489 e. The highest BCUT2D eigenvalue weighted by Gasteiger charge is 1.98. The summed E-state index contributed by atoms with van der Waals surface area (Å²) >= 11 is 0. The van der Waals surface area contributed by atoms with Crippen LogP contribution in [0.15, 0.2) is 53.5 Å². The molecule has 0 atom stereocenters. The number of hydrogen-bond acceptors (Lipinski definition) is 2. The number of rotatable bonds is 4. The summed E-state index contributed by atoms with van der Waals surface area (Å²) in [4.78, 5) is 3.97. The Labute approximate surface area is 108 Å². The summed E-state index contributed by atoms with van der Waals surface area (Å²) in [5.74, 6) is 0.881. The molecule has 0 bridgehead atoms. The van der Waals surface area contributed by atoms with E-state index >= 15 is 0 Å². The second kappa shape index (κ2) is 6.01. The van der Waals surface area contributed by atoms with Crippen LogP contribution in [-0.2, 0) is 6.61 Å². The Morgan fingerprint density at radius 2 is 1.78 bits per heavy atom. The molecule has 0 heterocycles. The average molecular weight is 239 g/mol. The lowest BCUT2D eigenvalue weighted by Gasteiger charge is -2.08. The smallest absolute Gasteiger partial charge is 0.119 e. The lowest BCUT2D eigenvalue weighted by atomic mass is 10.1. The summed E-state index contributed by atoms with van der Waals surface area (Å²) in [6.07, 6.45) is 1.82. The maximum Gasteiger partial charge on any atom is 0.119 e. The van der Waals surface area contributed by atoms with Crippen molar-refractivity contribution in [1.82, 2.24) is 0 Å². The van der Waals surface area contributed by atoms with Gasteiger partial charge in [0.2, 0.25) is 0 Å². The summed E-state index contributed by atoms with van der Waals surface area (Å²) in [5, 5.41) is 0. The summed E-state index contributed by atoms with van der Waals surface area (Å²) in [6.45, 7) is 2.70. The molecular weight excluding hydrogens is 222 g/mol. The van der Waals surface area contributed by atoms with Gasteiger partial charge in [0.15, 0.2) is 0 Å². The van der Waals surface area contributed by atoms with Crippen molar-refractivity contribution in [1.29, 1.82) is 0 Å². The lowest BCUT2D eigenvalue weighted by Crippen LogP contribution is -1.97. The first-order chi connectivity index (χ1) is 8.79. The summed E-state index contributed by atoms with van der Waals surface area (Å²) < 4.78 is 5.76. The van der Waals surface area contributed by atoms with Gasteiger partial charge in [0.1, 0.15) is 12.4 Å². The molecule has 18 heavy (non-hydrogen) atoms. The maximum atomic E-state index is 5.76. The van der Waals surface area contributed by atoms with Crippen molar-refractivity contribution in [2.75, 3.05) is 7.05 Å². The number of benzene rings is 2. The molecule has 0 radical (unpaired) electrons. The van der Waals surface area contributed by atoms with Crippen LogP contribution in [0, 0.1) is 6.92 Å². The van der Waals surface area contributed by atoms with Gasteiger partial charge in [0.05, 0.1) is 0 Å². The van der Waals surface area contributed by atoms with Gasteiger partial charge >= 0.3 is 0 Å². The van der Waals surface area contributed by atoms with E-state index in [2.05, 4.69) is 24.0 Å². The van der Waals surface area contributed by atoms with Gasteiger partial charge in [-0.1, -0.05) is 24.3 Å². The zero-order valence-corrected chi connectivity index (χ0v) is 10.8. The minimum absolute atomic E-state index is 0.605. The zero-order valence-electron chi connectivity index (χ0n) is 10.8. The van der Waals surface area contributed by atoms with Gasteiger partial charge in [-0.05, 0) is 47.9 Å². The topological polar surface area (TPSA) is 21.6 Å². The quantitative estimate of drug-likeness (QED) is 0.747. The van der Waals surface area contributed by atoms with Crippen LogP contribution in [0.5, 0.6) is 5.75 Å². The number of hydrogen-bond donors (Lipinski definition) is 0. The molecule has 0 saturated carbocycles. The van der Waals surface area contributed by atoms with Crippen molar-refractivity contribution < 1.29 is 4.74 Å². The normalized spacial score (nSPS) is 10.8. The highest BCUT2D eigenvalue weighted by atomic mass is 16.5. The minimum Gasteiger partial charge on any atom is -0.489 e. The van der Waals surface area contributed by atoms with E-state index in [1.807, 2.05) is 42.6 Å². The Kier molecular flexibility index (Phi) is 4.13. The van der Waals surface area contributed by atoms with Crippen LogP contribution in [-0.4, -0.2) is 13.3 Å². The molecule has 0 aliphatic carbocycles. The van der Waals surface area contributed by atoms with Crippen molar-refractivity contribution in [3.05, 3.63) is 65.2 Å². The van der Waals surface area contributed by atoms with E-state index in [-0.39, 0.29) is 0 Å². The Balaban J connectivity index is 2.00. The fraction of sp³-hybridized carbons (Fsp3) is 0.188. The molecule has 2 aromatic rings. The van der Waals surface area contributed by atoms with Gasteiger partial charge in [-0.3, -0.25) is 4.99 Å². The van der Waals surface area contributed by atoms with E-state index in [0.29, 0.717) is 6.61 Å². The molecule has 2 aromatic carbocycles. The monoisotopic (exact) mass is 239 g/mol. The second-order valence-corrected chi connectivity index (χ2v) is 4.17. The number of nitrogens with zero attached hydrogens (tertiary/aromatic N) is 1. The fourth-order valence-electron chi connectivity index (χ4n) is 1.73. The van der Waals surface area contributed by atoms with E-state index in [1.165, 1.54) is 11.1 Å². The highest BCUT2D eigenvalue weighted by molar-refractivity contribution is 5.79. The molecule has 0 N–H and O–H groups in total. The Hall–Kier alpha value is -2.09. The van der Waals surface area contributed by atoms with Crippen molar-refractivity contribution in [2.24, 2.45) is 4.99 Å². The van der Waals surface area contributed by atoms with Crippen LogP contribution in [0.1, 0.15) is 16.7 Å². The molecule has 0 saturated heterocycles. The molecule has 0 fully saturated rings. The second-order valence-electron chi connectivity index (χ2n) is 4.17. The third kappa shape index (κ3) is 3.20. The van der Waals surface area contributed by atoms with Crippen LogP contribution in [0.3, 0.4) is 0 Å². The SMILES string of the molecule is CN=Cc1ccc(OCc2ccccc2C)cc1. The first kappa shape index (κ1) is 12.4. The first-order valence-corrected chi connectivity index (χ1v) is 5.99. The van der Waals surface area contributed by atoms with E-state index in [1.54, 1.807) is 7.05 Å². The van der Waals surface area contributed by atoms with E-state index in [9.17, 15) is 0 Å². The highest BCUT2D eigenvalue weighted by Crippen LogP contribution is 2.15. The zero-order chi connectivity index (χ0) is 12.8. The third-order valence-corrected chi connectivity index (χ3v) is 2.81. The van der Waals surface area contributed by atoms with Crippen molar-refractivity contribution >= 4 is 6.21 Å². The molecular formula is C16H17NO. The summed E-state index contributed by atoms with van der Waals surface area (Å²) in [6, 6.07) is 16.2. The van der Waals surface area contributed by atoms with E-state index < -0.39 is 0 Å². The van der Waals surface area contributed by atoms with Gasteiger partial charge in [0.25, 0.3) is 0 Å². The van der Waals surface area contributed by atoms with Gasteiger partial charge in [-0.15, -0.1) is 0 Å². The molecule has 2 rings (SSSR count). The molecule has 0 spiro atoms. The van der Waals surface area contributed by atoms with Gasteiger partial charge in [0, 0.05) is 13.3 Å². The Morgan fingerprint density at radius 1 is 1.06 bits per heavy atom. The van der Waals surface area contributed by atoms with Crippen LogP contribution in [0.25, 0.3) is 0 Å². The van der Waals surface area contributed by atoms with Crippen molar-refractivity contribution in [2.45, 2.75) is 13.5 Å². The van der Waals surface area contributed by atoms with Crippen LogP contribution in [0.2, 0.25) is 0 Å².